The fraction of sp³-hybridized carbons (Fsp3) is 0.727. The van der Waals surface area contributed by atoms with E-state index < -0.39 is 0 Å². The van der Waals surface area contributed by atoms with Crippen LogP contribution in [-0.4, -0.2) is 0 Å². The molecule has 0 heteroatoms. The van der Waals surface area contributed by atoms with Crippen molar-refractivity contribution in [1.82, 2.24) is 0 Å². The number of hydrogen-bond acceptors (Lipinski definition) is 0. The SMILES string of the molecule is [CH2]CC1=CCCCCCCC1. The maximum atomic E-state index is 3.94. The molecular formula is C11H19. The Morgan fingerprint density at radius 1 is 1.09 bits per heavy atom. The summed E-state index contributed by atoms with van der Waals surface area (Å²) in [6.07, 6.45) is 13.1. The van der Waals surface area contributed by atoms with Crippen LogP contribution < -0.4 is 0 Å². The Kier molecular flexibility index (Phi) is 4.33. The van der Waals surface area contributed by atoms with Gasteiger partial charge < -0.3 is 0 Å². The van der Waals surface area contributed by atoms with Gasteiger partial charge >= 0.3 is 0 Å². The van der Waals surface area contributed by atoms with E-state index in [2.05, 4.69) is 13.0 Å². The molecule has 1 aliphatic rings. The first-order chi connectivity index (χ1) is 5.43. The van der Waals surface area contributed by atoms with E-state index in [1.165, 1.54) is 44.9 Å². The van der Waals surface area contributed by atoms with E-state index in [0.717, 1.165) is 6.42 Å². The van der Waals surface area contributed by atoms with Crippen molar-refractivity contribution in [2.45, 2.75) is 51.4 Å². The Labute approximate surface area is 70.7 Å². The predicted molar refractivity (Wildman–Crippen MR) is 50.4 cm³/mol. The molecule has 0 bridgehead atoms. The quantitative estimate of drug-likeness (QED) is 0.499. The molecule has 1 rings (SSSR count). The average molecular weight is 151 g/mol. The second-order valence-corrected chi connectivity index (χ2v) is 3.42. The van der Waals surface area contributed by atoms with Crippen LogP contribution in [0.5, 0.6) is 0 Å². The fourth-order valence-electron chi connectivity index (χ4n) is 1.66. The highest BCUT2D eigenvalue weighted by Gasteiger charge is 1.98. The molecule has 1 aliphatic carbocycles. The summed E-state index contributed by atoms with van der Waals surface area (Å²) in [7, 11) is 0. The molecule has 0 aromatic heterocycles. The normalized spacial score (nSPS) is 21.4. The standard InChI is InChI=1S/C11H19/c1-2-11-9-7-5-3-4-6-8-10-11/h9H,1-8,10H2. The zero-order chi connectivity index (χ0) is 7.94. The monoisotopic (exact) mass is 151 g/mol. The first kappa shape index (κ1) is 8.83. The number of hydrogen-bond donors (Lipinski definition) is 0. The molecule has 0 heterocycles. The highest BCUT2D eigenvalue weighted by Crippen LogP contribution is 2.18. The molecule has 0 saturated carbocycles. The van der Waals surface area contributed by atoms with Gasteiger partial charge in [0.2, 0.25) is 0 Å². The molecule has 0 unspecified atom stereocenters. The first-order valence-corrected chi connectivity index (χ1v) is 4.90. The zero-order valence-corrected chi connectivity index (χ0v) is 7.44. The molecule has 0 nitrogen and oxygen atoms in total. The van der Waals surface area contributed by atoms with Crippen molar-refractivity contribution in [3.05, 3.63) is 18.6 Å². The van der Waals surface area contributed by atoms with Crippen LogP contribution in [0.25, 0.3) is 0 Å². The lowest BCUT2D eigenvalue weighted by molar-refractivity contribution is 0.628. The lowest BCUT2D eigenvalue weighted by atomic mass is 10.1. The highest BCUT2D eigenvalue weighted by molar-refractivity contribution is 5.02. The van der Waals surface area contributed by atoms with Gasteiger partial charge in [0, 0.05) is 0 Å². The van der Waals surface area contributed by atoms with Gasteiger partial charge in [0.05, 0.1) is 0 Å². The molecule has 0 amide bonds. The zero-order valence-electron chi connectivity index (χ0n) is 7.44. The second-order valence-electron chi connectivity index (χ2n) is 3.42. The topological polar surface area (TPSA) is 0 Å². The Balaban J connectivity index is 2.34. The van der Waals surface area contributed by atoms with E-state index in [1.54, 1.807) is 5.57 Å². The Morgan fingerprint density at radius 2 is 1.82 bits per heavy atom. The summed E-state index contributed by atoms with van der Waals surface area (Å²) >= 11 is 0. The molecule has 0 aromatic rings. The van der Waals surface area contributed by atoms with Crippen LogP contribution in [0, 0.1) is 6.92 Å². The van der Waals surface area contributed by atoms with Gasteiger partial charge in [-0.25, -0.2) is 0 Å². The van der Waals surface area contributed by atoms with Crippen molar-refractivity contribution in [3.8, 4) is 0 Å². The number of allylic oxidation sites excluding steroid dienone is 2. The van der Waals surface area contributed by atoms with Gasteiger partial charge in [-0.1, -0.05) is 30.9 Å². The lowest BCUT2D eigenvalue weighted by Gasteiger charge is -2.01. The smallest absolute Gasteiger partial charge is 0.0320 e. The van der Waals surface area contributed by atoms with E-state index in [-0.39, 0.29) is 0 Å². The Bertz CT molecular complexity index is 122. The van der Waals surface area contributed by atoms with Gasteiger partial charge in [0.25, 0.3) is 0 Å². The molecule has 0 fully saturated rings. The van der Waals surface area contributed by atoms with Crippen LogP contribution in [0.1, 0.15) is 51.4 Å². The van der Waals surface area contributed by atoms with E-state index >= 15 is 0 Å². The molecule has 0 spiro atoms. The molecular weight excluding hydrogens is 132 g/mol. The molecule has 11 heavy (non-hydrogen) atoms. The van der Waals surface area contributed by atoms with Crippen molar-refractivity contribution in [1.29, 1.82) is 0 Å². The van der Waals surface area contributed by atoms with Crippen molar-refractivity contribution >= 4 is 0 Å². The molecule has 1 radical (unpaired) electrons. The van der Waals surface area contributed by atoms with Gasteiger partial charge in [-0.2, -0.15) is 0 Å². The van der Waals surface area contributed by atoms with Gasteiger partial charge in [-0.3, -0.25) is 0 Å². The summed E-state index contributed by atoms with van der Waals surface area (Å²) in [5.74, 6) is 0. The minimum atomic E-state index is 1.03. The highest BCUT2D eigenvalue weighted by atomic mass is 14.0. The number of rotatable bonds is 1. The van der Waals surface area contributed by atoms with Crippen LogP contribution in [0.2, 0.25) is 0 Å². The van der Waals surface area contributed by atoms with E-state index in [9.17, 15) is 0 Å². The first-order valence-electron chi connectivity index (χ1n) is 4.90. The Morgan fingerprint density at radius 3 is 2.64 bits per heavy atom. The third-order valence-corrected chi connectivity index (χ3v) is 2.46. The predicted octanol–water partition coefficient (Wildman–Crippen LogP) is 3.88. The molecule has 63 valence electrons. The molecule has 0 N–H and O–H groups in total. The van der Waals surface area contributed by atoms with Gasteiger partial charge in [0.1, 0.15) is 0 Å². The van der Waals surface area contributed by atoms with Crippen LogP contribution in [0.4, 0.5) is 0 Å². The van der Waals surface area contributed by atoms with Crippen LogP contribution >= 0.6 is 0 Å². The molecule has 0 aliphatic heterocycles. The summed E-state index contributed by atoms with van der Waals surface area (Å²) in [6, 6.07) is 0. The molecule has 0 atom stereocenters. The van der Waals surface area contributed by atoms with Crippen molar-refractivity contribution in [2.24, 2.45) is 0 Å². The van der Waals surface area contributed by atoms with Gasteiger partial charge in [-0.15, -0.1) is 0 Å². The minimum absolute atomic E-state index is 1.03. The van der Waals surface area contributed by atoms with Crippen molar-refractivity contribution in [3.63, 3.8) is 0 Å². The summed E-state index contributed by atoms with van der Waals surface area (Å²) in [5, 5.41) is 0. The van der Waals surface area contributed by atoms with E-state index in [1.807, 2.05) is 0 Å². The second kappa shape index (κ2) is 5.40. The summed E-state index contributed by atoms with van der Waals surface area (Å²) < 4.78 is 0. The average Bonchev–Trinajstić information content (AvgIpc) is 2.16. The van der Waals surface area contributed by atoms with Gasteiger partial charge in [-0.05, 0) is 39.0 Å². The summed E-state index contributed by atoms with van der Waals surface area (Å²) in [5.41, 5.74) is 1.59. The van der Waals surface area contributed by atoms with Crippen molar-refractivity contribution in [2.75, 3.05) is 0 Å². The van der Waals surface area contributed by atoms with Gasteiger partial charge in [0.15, 0.2) is 0 Å². The summed E-state index contributed by atoms with van der Waals surface area (Å²) in [6.45, 7) is 3.94. The molecule has 0 saturated heterocycles. The van der Waals surface area contributed by atoms with Crippen LogP contribution in [0.3, 0.4) is 0 Å². The maximum Gasteiger partial charge on any atom is -0.0320 e. The maximum absolute atomic E-state index is 3.94. The minimum Gasteiger partial charge on any atom is -0.0853 e. The molecule has 0 aromatic carbocycles. The summed E-state index contributed by atoms with van der Waals surface area (Å²) in [4.78, 5) is 0. The largest absolute Gasteiger partial charge is 0.0853 e. The third kappa shape index (κ3) is 3.60. The van der Waals surface area contributed by atoms with Crippen LogP contribution in [-0.2, 0) is 0 Å². The Hall–Kier alpha value is -0.260. The van der Waals surface area contributed by atoms with E-state index in [0.29, 0.717) is 0 Å². The fourth-order valence-corrected chi connectivity index (χ4v) is 1.66. The van der Waals surface area contributed by atoms with E-state index in [4.69, 9.17) is 0 Å². The van der Waals surface area contributed by atoms with Crippen LogP contribution in [0.15, 0.2) is 11.6 Å². The van der Waals surface area contributed by atoms with Crippen molar-refractivity contribution < 1.29 is 0 Å². The lowest BCUT2D eigenvalue weighted by Crippen LogP contribution is -1.81. The third-order valence-electron chi connectivity index (χ3n) is 2.46.